The van der Waals surface area contributed by atoms with E-state index in [0.717, 1.165) is 34.0 Å². The number of anilines is 1. The van der Waals surface area contributed by atoms with Crippen LogP contribution < -0.4 is 4.90 Å². The lowest BCUT2D eigenvalue weighted by Gasteiger charge is -2.22. The summed E-state index contributed by atoms with van der Waals surface area (Å²) in [6, 6.07) is 8.10. The van der Waals surface area contributed by atoms with E-state index in [2.05, 4.69) is 26.8 Å². The van der Waals surface area contributed by atoms with Crippen molar-refractivity contribution in [1.82, 2.24) is 15.0 Å². The molecular weight excluding hydrogens is 304 g/mol. The minimum atomic E-state index is 0.288. The number of nitrogens with zero attached hydrogens (tertiary/aromatic N) is 4. The van der Waals surface area contributed by atoms with Gasteiger partial charge in [-0.15, -0.1) is 11.3 Å². The summed E-state index contributed by atoms with van der Waals surface area (Å²) in [5, 5.41) is 3.34. The summed E-state index contributed by atoms with van der Waals surface area (Å²) in [4.78, 5) is 16.3. The van der Waals surface area contributed by atoms with E-state index >= 15 is 0 Å². The summed E-state index contributed by atoms with van der Waals surface area (Å²) < 4.78 is 0. The zero-order valence-electron chi connectivity index (χ0n) is 11.9. The number of halogens is 1. The summed E-state index contributed by atoms with van der Waals surface area (Å²) in [5.74, 6) is 0.872. The highest BCUT2D eigenvalue weighted by atomic mass is 35.5. The van der Waals surface area contributed by atoms with Crippen LogP contribution in [0.5, 0.6) is 0 Å². The van der Waals surface area contributed by atoms with E-state index in [9.17, 15) is 0 Å². The highest BCUT2D eigenvalue weighted by molar-refractivity contribution is 7.16. The van der Waals surface area contributed by atoms with Gasteiger partial charge >= 0.3 is 0 Å². The number of thiophene rings is 1. The Kier molecular flexibility index (Phi) is 4.03. The van der Waals surface area contributed by atoms with Gasteiger partial charge in [0.05, 0.1) is 17.6 Å². The predicted molar refractivity (Wildman–Crippen MR) is 88.1 cm³/mol. The zero-order chi connectivity index (χ0) is 14.8. The standard InChI is InChI=1S/C15H15ClN4S/c1-3-20(9-11-6-4-5-10(2)17-11)13-12-7-8-21-14(12)19-15(16)18-13/h4-8H,3,9H2,1-2H3. The smallest absolute Gasteiger partial charge is 0.225 e. The molecule has 3 heterocycles. The first kappa shape index (κ1) is 14.2. The molecule has 4 nitrogen and oxygen atoms in total. The van der Waals surface area contributed by atoms with Crippen molar-refractivity contribution in [1.29, 1.82) is 0 Å². The van der Waals surface area contributed by atoms with Crippen molar-refractivity contribution in [2.24, 2.45) is 0 Å². The summed E-state index contributed by atoms with van der Waals surface area (Å²) in [6.07, 6.45) is 0. The van der Waals surface area contributed by atoms with Gasteiger partial charge in [-0.2, -0.15) is 4.98 Å². The first-order valence-electron chi connectivity index (χ1n) is 6.75. The molecule has 0 atom stereocenters. The van der Waals surface area contributed by atoms with E-state index in [1.165, 1.54) is 0 Å². The van der Waals surface area contributed by atoms with Crippen molar-refractivity contribution in [3.63, 3.8) is 0 Å². The molecule has 0 fully saturated rings. The lowest BCUT2D eigenvalue weighted by atomic mass is 10.2. The van der Waals surface area contributed by atoms with Gasteiger partial charge in [-0.05, 0) is 49.0 Å². The maximum Gasteiger partial charge on any atom is 0.225 e. The first-order chi connectivity index (χ1) is 10.2. The number of aromatic nitrogens is 3. The normalized spacial score (nSPS) is 11.0. The maximum absolute atomic E-state index is 6.05. The number of fused-ring (bicyclic) bond motifs is 1. The van der Waals surface area contributed by atoms with Crippen LogP contribution in [0.15, 0.2) is 29.6 Å². The third kappa shape index (κ3) is 2.99. The lowest BCUT2D eigenvalue weighted by Crippen LogP contribution is -2.24. The molecule has 0 aliphatic carbocycles. The molecule has 0 bridgehead atoms. The molecule has 0 saturated heterocycles. The largest absolute Gasteiger partial charge is 0.350 e. The highest BCUT2D eigenvalue weighted by Gasteiger charge is 2.14. The molecule has 3 aromatic heterocycles. The number of rotatable bonds is 4. The maximum atomic E-state index is 6.05. The number of aryl methyl sites for hydroxylation is 1. The molecule has 0 radical (unpaired) electrons. The van der Waals surface area contributed by atoms with E-state index in [0.29, 0.717) is 6.54 Å². The molecule has 0 amide bonds. The highest BCUT2D eigenvalue weighted by Crippen LogP contribution is 2.29. The molecule has 21 heavy (non-hydrogen) atoms. The van der Waals surface area contributed by atoms with Crippen LogP contribution in [-0.4, -0.2) is 21.5 Å². The van der Waals surface area contributed by atoms with Crippen LogP contribution in [0.2, 0.25) is 5.28 Å². The number of pyridine rings is 1. The zero-order valence-corrected chi connectivity index (χ0v) is 13.4. The molecule has 3 aromatic rings. The molecule has 0 aliphatic heterocycles. The third-order valence-electron chi connectivity index (χ3n) is 3.26. The summed E-state index contributed by atoms with van der Waals surface area (Å²) in [5.41, 5.74) is 2.04. The van der Waals surface area contributed by atoms with Gasteiger partial charge < -0.3 is 4.90 Å². The minimum absolute atomic E-state index is 0.288. The Labute approximate surface area is 132 Å². The van der Waals surface area contributed by atoms with Gasteiger partial charge in [0.15, 0.2) is 0 Å². The lowest BCUT2D eigenvalue weighted by molar-refractivity contribution is 0.793. The van der Waals surface area contributed by atoms with E-state index in [-0.39, 0.29) is 5.28 Å². The predicted octanol–water partition coefficient (Wildman–Crippen LogP) is 4.07. The van der Waals surface area contributed by atoms with Crippen molar-refractivity contribution in [2.45, 2.75) is 20.4 Å². The Bertz CT molecular complexity index is 771. The van der Waals surface area contributed by atoms with Crippen LogP contribution in [0.1, 0.15) is 18.3 Å². The Morgan fingerprint density at radius 3 is 2.81 bits per heavy atom. The molecular formula is C15H15ClN4S. The minimum Gasteiger partial charge on any atom is -0.350 e. The molecule has 0 aromatic carbocycles. The summed E-state index contributed by atoms with van der Waals surface area (Å²) >= 11 is 7.63. The number of hydrogen-bond acceptors (Lipinski definition) is 5. The Morgan fingerprint density at radius 2 is 2.05 bits per heavy atom. The van der Waals surface area contributed by atoms with Crippen LogP contribution in [-0.2, 0) is 6.54 Å². The first-order valence-corrected chi connectivity index (χ1v) is 8.01. The van der Waals surface area contributed by atoms with Crippen LogP contribution in [0.4, 0.5) is 5.82 Å². The topological polar surface area (TPSA) is 41.9 Å². The van der Waals surface area contributed by atoms with Crippen LogP contribution in [0, 0.1) is 6.92 Å². The van der Waals surface area contributed by atoms with Crippen LogP contribution in [0.25, 0.3) is 10.2 Å². The third-order valence-corrected chi connectivity index (χ3v) is 4.23. The van der Waals surface area contributed by atoms with E-state index < -0.39 is 0 Å². The van der Waals surface area contributed by atoms with Gasteiger partial charge in [-0.1, -0.05) is 6.07 Å². The molecule has 108 valence electrons. The molecule has 6 heteroatoms. The van der Waals surface area contributed by atoms with E-state index in [4.69, 9.17) is 11.6 Å². The SMILES string of the molecule is CCN(Cc1cccc(C)n1)c1nc(Cl)nc2sccc12. The van der Waals surface area contributed by atoms with E-state index in [1.807, 2.05) is 36.6 Å². The fourth-order valence-electron chi connectivity index (χ4n) is 2.28. The fraction of sp³-hybridized carbons (Fsp3) is 0.267. The van der Waals surface area contributed by atoms with E-state index in [1.54, 1.807) is 11.3 Å². The second-order valence-corrected chi connectivity index (χ2v) is 5.97. The Morgan fingerprint density at radius 1 is 1.19 bits per heavy atom. The monoisotopic (exact) mass is 318 g/mol. The molecule has 0 saturated carbocycles. The average Bonchev–Trinajstić information content (AvgIpc) is 2.92. The van der Waals surface area contributed by atoms with Gasteiger partial charge in [0.2, 0.25) is 5.28 Å². The second-order valence-electron chi connectivity index (χ2n) is 4.74. The molecule has 0 spiro atoms. The quantitative estimate of drug-likeness (QED) is 0.680. The van der Waals surface area contributed by atoms with Crippen molar-refractivity contribution in [3.05, 3.63) is 46.3 Å². The van der Waals surface area contributed by atoms with Crippen molar-refractivity contribution in [3.8, 4) is 0 Å². The fourth-order valence-corrected chi connectivity index (χ4v) is 3.25. The van der Waals surface area contributed by atoms with Crippen molar-refractivity contribution >= 4 is 39.0 Å². The molecule has 0 N–H and O–H groups in total. The Hall–Kier alpha value is -1.72. The Balaban J connectivity index is 2.00. The summed E-state index contributed by atoms with van der Waals surface area (Å²) in [7, 11) is 0. The van der Waals surface area contributed by atoms with Gasteiger partial charge in [-0.3, -0.25) is 4.98 Å². The summed E-state index contributed by atoms with van der Waals surface area (Å²) in [6.45, 7) is 5.63. The van der Waals surface area contributed by atoms with Crippen molar-refractivity contribution < 1.29 is 0 Å². The molecule has 0 unspecified atom stereocenters. The molecule has 0 aliphatic rings. The average molecular weight is 319 g/mol. The van der Waals surface area contributed by atoms with Gasteiger partial charge in [0, 0.05) is 12.2 Å². The number of hydrogen-bond donors (Lipinski definition) is 0. The molecule has 3 rings (SSSR count). The van der Waals surface area contributed by atoms with Crippen molar-refractivity contribution in [2.75, 3.05) is 11.4 Å². The van der Waals surface area contributed by atoms with Crippen LogP contribution >= 0.6 is 22.9 Å². The van der Waals surface area contributed by atoms with Crippen LogP contribution in [0.3, 0.4) is 0 Å². The van der Waals surface area contributed by atoms with Gasteiger partial charge in [-0.25, -0.2) is 4.98 Å². The second kappa shape index (κ2) is 5.95. The van der Waals surface area contributed by atoms with Gasteiger partial charge in [0.25, 0.3) is 0 Å². The van der Waals surface area contributed by atoms with Gasteiger partial charge in [0.1, 0.15) is 10.6 Å².